The highest BCUT2D eigenvalue weighted by Crippen LogP contribution is 2.12. The summed E-state index contributed by atoms with van der Waals surface area (Å²) >= 11 is 0. The number of hydrogen-bond acceptors (Lipinski definition) is 4. The summed E-state index contributed by atoms with van der Waals surface area (Å²) in [7, 11) is 2.21. The molecule has 0 aliphatic rings. The second kappa shape index (κ2) is 7.00. The van der Waals surface area contributed by atoms with E-state index < -0.39 is 10.0 Å². The van der Waals surface area contributed by atoms with Gasteiger partial charge in [0.05, 0.1) is 4.90 Å². The molecule has 0 saturated carbocycles. The van der Waals surface area contributed by atoms with Crippen LogP contribution >= 0.6 is 0 Å². The highest BCUT2D eigenvalue weighted by atomic mass is 32.2. The van der Waals surface area contributed by atoms with Crippen molar-refractivity contribution in [3.63, 3.8) is 0 Å². The highest BCUT2D eigenvalue weighted by molar-refractivity contribution is 7.89. The predicted molar refractivity (Wildman–Crippen MR) is 77.5 cm³/mol. The Labute approximate surface area is 116 Å². The van der Waals surface area contributed by atoms with Gasteiger partial charge in [-0.05, 0) is 45.8 Å². The van der Waals surface area contributed by atoms with Crippen molar-refractivity contribution in [1.82, 2.24) is 14.9 Å². The number of hydrogen-bond donors (Lipinski definition) is 2. The van der Waals surface area contributed by atoms with Crippen LogP contribution in [0.15, 0.2) is 29.2 Å². The van der Waals surface area contributed by atoms with Crippen LogP contribution in [0.3, 0.4) is 0 Å². The highest BCUT2D eigenvalue weighted by Gasteiger charge is 2.17. The van der Waals surface area contributed by atoms with Gasteiger partial charge in [0.15, 0.2) is 0 Å². The monoisotopic (exact) mass is 285 g/mol. The largest absolute Gasteiger partial charge is 0.316 e. The number of likely N-dealkylation sites (N-methyl/N-ethyl adjacent to an activating group) is 1. The van der Waals surface area contributed by atoms with Crippen molar-refractivity contribution < 1.29 is 8.42 Å². The second-order valence-electron chi connectivity index (χ2n) is 4.96. The Hall–Kier alpha value is -0.950. The molecule has 6 heteroatoms. The molecule has 0 saturated heterocycles. The Balaban J connectivity index is 2.84. The lowest BCUT2D eigenvalue weighted by atomic mass is 10.2. The average Bonchev–Trinajstić information content (AvgIpc) is 2.27. The number of nitrogens with one attached hydrogen (secondary N) is 2. The number of nitrogens with zero attached hydrogens (tertiary/aromatic N) is 1. The van der Waals surface area contributed by atoms with Gasteiger partial charge in [0.25, 0.3) is 0 Å². The summed E-state index contributed by atoms with van der Waals surface area (Å²) in [5, 5.41) is 3.01. The minimum Gasteiger partial charge on any atom is -0.316 e. The van der Waals surface area contributed by atoms with E-state index in [0.29, 0.717) is 18.0 Å². The molecule has 0 aliphatic carbocycles. The molecule has 1 aromatic rings. The molecule has 0 bridgehead atoms. The Kier molecular flexibility index (Phi) is 5.93. The van der Waals surface area contributed by atoms with Crippen LogP contribution in [0.25, 0.3) is 0 Å². The van der Waals surface area contributed by atoms with Crippen LogP contribution in [0.4, 0.5) is 0 Å². The van der Waals surface area contributed by atoms with Crippen LogP contribution < -0.4 is 10.0 Å². The lowest BCUT2D eigenvalue weighted by molar-refractivity contribution is 0.370. The quantitative estimate of drug-likeness (QED) is 0.771. The van der Waals surface area contributed by atoms with Crippen LogP contribution in [0.5, 0.6) is 0 Å². The normalized spacial score (nSPS) is 13.7. The van der Waals surface area contributed by atoms with E-state index in [1.165, 1.54) is 0 Å². The maximum atomic E-state index is 12.2. The molecule has 0 fully saturated rings. The van der Waals surface area contributed by atoms with E-state index in [1.54, 1.807) is 18.2 Å². The molecule has 0 aromatic heterocycles. The van der Waals surface area contributed by atoms with Crippen molar-refractivity contribution >= 4 is 10.0 Å². The van der Waals surface area contributed by atoms with E-state index >= 15 is 0 Å². The zero-order chi connectivity index (χ0) is 14.5. The standard InChI is InChI=1S/C13H23N3O2S/c1-11(10-16(3)4)15-19(17,18)13-7-5-6-12(8-13)9-14-2/h5-8,11,14-15H,9-10H2,1-4H3. The van der Waals surface area contributed by atoms with Gasteiger partial charge in [0, 0.05) is 19.1 Å². The zero-order valence-corrected chi connectivity index (χ0v) is 12.8. The van der Waals surface area contributed by atoms with E-state index in [1.807, 2.05) is 39.0 Å². The SMILES string of the molecule is CNCc1cccc(S(=O)(=O)NC(C)CN(C)C)c1. The Morgan fingerprint density at radius 3 is 2.58 bits per heavy atom. The molecule has 0 amide bonds. The zero-order valence-electron chi connectivity index (χ0n) is 12.0. The second-order valence-corrected chi connectivity index (χ2v) is 6.68. The molecule has 108 valence electrons. The topological polar surface area (TPSA) is 61.4 Å². The molecule has 0 spiro atoms. The van der Waals surface area contributed by atoms with E-state index in [4.69, 9.17) is 0 Å². The molecule has 5 nitrogen and oxygen atoms in total. The summed E-state index contributed by atoms with van der Waals surface area (Å²) in [5.41, 5.74) is 0.950. The van der Waals surface area contributed by atoms with Gasteiger partial charge >= 0.3 is 0 Å². The Bertz CT molecular complexity index is 500. The first-order valence-corrected chi connectivity index (χ1v) is 7.74. The molecule has 1 aromatic carbocycles. The van der Waals surface area contributed by atoms with Crippen molar-refractivity contribution in [1.29, 1.82) is 0 Å². The molecular formula is C13H23N3O2S. The fraction of sp³-hybridized carbons (Fsp3) is 0.538. The van der Waals surface area contributed by atoms with Crippen LogP contribution in [0, 0.1) is 0 Å². The summed E-state index contributed by atoms with van der Waals surface area (Å²) in [6, 6.07) is 6.84. The van der Waals surface area contributed by atoms with Crippen LogP contribution in [-0.4, -0.2) is 47.0 Å². The van der Waals surface area contributed by atoms with Gasteiger partial charge in [0.1, 0.15) is 0 Å². The van der Waals surface area contributed by atoms with Gasteiger partial charge in [-0.15, -0.1) is 0 Å². The fourth-order valence-electron chi connectivity index (χ4n) is 1.94. The van der Waals surface area contributed by atoms with Gasteiger partial charge in [0.2, 0.25) is 10.0 Å². The minimum atomic E-state index is -3.45. The molecular weight excluding hydrogens is 262 g/mol. The van der Waals surface area contributed by atoms with Crippen LogP contribution in [0.1, 0.15) is 12.5 Å². The van der Waals surface area contributed by atoms with Crippen molar-refractivity contribution in [3.05, 3.63) is 29.8 Å². The van der Waals surface area contributed by atoms with Gasteiger partial charge in [-0.1, -0.05) is 12.1 Å². The molecule has 0 aliphatic heterocycles. The Morgan fingerprint density at radius 1 is 1.32 bits per heavy atom. The van der Waals surface area contributed by atoms with E-state index in [9.17, 15) is 8.42 Å². The van der Waals surface area contributed by atoms with E-state index in [2.05, 4.69) is 10.0 Å². The summed E-state index contributed by atoms with van der Waals surface area (Å²) in [6.07, 6.45) is 0. The first kappa shape index (κ1) is 16.1. The maximum absolute atomic E-state index is 12.2. The van der Waals surface area contributed by atoms with Crippen LogP contribution in [-0.2, 0) is 16.6 Å². The van der Waals surface area contributed by atoms with Gasteiger partial charge < -0.3 is 10.2 Å². The van der Waals surface area contributed by atoms with Crippen molar-refractivity contribution in [2.24, 2.45) is 0 Å². The van der Waals surface area contributed by atoms with Gasteiger partial charge in [-0.2, -0.15) is 0 Å². The molecule has 19 heavy (non-hydrogen) atoms. The van der Waals surface area contributed by atoms with E-state index in [0.717, 1.165) is 5.56 Å². The van der Waals surface area contributed by atoms with Crippen molar-refractivity contribution in [3.8, 4) is 0 Å². The molecule has 1 rings (SSSR count). The third kappa shape index (κ3) is 5.28. The maximum Gasteiger partial charge on any atom is 0.240 e. The summed E-state index contributed by atoms with van der Waals surface area (Å²) in [5.74, 6) is 0. The third-order valence-electron chi connectivity index (χ3n) is 2.58. The number of sulfonamides is 1. The lowest BCUT2D eigenvalue weighted by Crippen LogP contribution is -2.39. The Morgan fingerprint density at radius 2 is 2.00 bits per heavy atom. The third-order valence-corrected chi connectivity index (χ3v) is 4.17. The molecule has 0 radical (unpaired) electrons. The molecule has 1 unspecified atom stereocenters. The van der Waals surface area contributed by atoms with Crippen molar-refractivity contribution in [2.75, 3.05) is 27.7 Å². The molecule has 0 heterocycles. The van der Waals surface area contributed by atoms with Gasteiger partial charge in [-0.25, -0.2) is 13.1 Å². The van der Waals surface area contributed by atoms with Crippen LogP contribution in [0.2, 0.25) is 0 Å². The summed E-state index contributed by atoms with van der Waals surface area (Å²) < 4.78 is 27.1. The molecule has 1 atom stereocenters. The summed E-state index contributed by atoms with van der Waals surface area (Å²) in [4.78, 5) is 2.26. The average molecular weight is 285 g/mol. The lowest BCUT2D eigenvalue weighted by Gasteiger charge is -2.18. The summed E-state index contributed by atoms with van der Waals surface area (Å²) in [6.45, 7) is 3.17. The van der Waals surface area contributed by atoms with Crippen molar-refractivity contribution in [2.45, 2.75) is 24.4 Å². The number of benzene rings is 1. The van der Waals surface area contributed by atoms with Gasteiger partial charge in [-0.3, -0.25) is 0 Å². The smallest absolute Gasteiger partial charge is 0.240 e. The predicted octanol–water partition coefficient (Wildman–Crippen LogP) is 0.634. The first-order valence-electron chi connectivity index (χ1n) is 6.25. The molecule has 2 N–H and O–H groups in total. The first-order chi connectivity index (χ1) is 8.85. The van der Waals surface area contributed by atoms with E-state index in [-0.39, 0.29) is 6.04 Å². The minimum absolute atomic E-state index is 0.132. The number of rotatable bonds is 7. The fourth-order valence-corrected chi connectivity index (χ4v) is 3.25.